The van der Waals surface area contributed by atoms with Crippen LogP contribution in [-0.2, 0) is 19.2 Å². The summed E-state index contributed by atoms with van der Waals surface area (Å²) in [4.78, 5) is 46.8. The molecule has 8 nitrogen and oxygen atoms in total. The fourth-order valence-electron chi connectivity index (χ4n) is 2.58. The first kappa shape index (κ1) is 17.3. The van der Waals surface area contributed by atoms with Gasteiger partial charge in [-0.05, 0) is 25.3 Å². The van der Waals surface area contributed by atoms with E-state index in [1.54, 1.807) is 6.92 Å². The molecule has 0 bridgehead atoms. The van der Waals surface area contributed by atoms with Crippen LogP contribution in [0, 0.1) is 0 Å². The van der Waals surface area contributed by atoms with Crippen LogP contribution >= 0.6 is 11.8 Å². The van der Waals surface area contributed by atoms with Gasteiger partial charge >= 0.3 is 11.9 Å². The minimum absolute atomic E-state index is 0.00528. The predicted molar refractivity (Wildman–Crippen MR) is 81.5 cm³/mol. The van der Waals surface area contributed by atoms with Crippen molar-refractivity contribution in [2.45, 2.75) is 44.0 Å². The molecule has 0 radical (unpaired) electrons. The lowest BCUT2D eigenvalue weighted by atomic mass is 10.0. The normalized spacial score (nSPS) is 23.2. The molecule has 2 aliphatic heterocycles. The van der Waals surface area contributed by atoms with Crippen molar-refractivity contribution in [1.82, 2.24) is 10.2 Å². The summed E-state index contributed by atoms with van der Waals surface area (Å²) < 4.78 is 0. The number of carboxylic acid groups (broad SMARTS) is 2. The van der Waals surface area contributed by atoms with Crippen molar-refractivity contribution in [1.29, 1.82) is 0 Å². The number of hydrogen-bond acceptors (Lipinski definition) is 5. The topological polar surface area (TPSA) is 124 Å². The summed E-state index contributed by atoms with van der Waals surface area (Å²) in [7, 11) is 0. The number of nitrogens with one attached hydrogen (secondary N) is 1. The molecular formula is C14H18N2O6S. The minimum atomic E-state index is -1.14. The van der Waals surface area contributed by atoms with Crippen molar-refractivity contribution >= 4 is 35.5 Å². The zero-order valence-electron chi connectivity index (χ0n) is 12.6. The molecule has 1 unspecified atom stereocenters. The Hall–Kier alpha value is -2.03. The van der Waals surface area contributed by atoms with Crippen LogP contribution in [0.1, 0.15) is 32.6 Å². The molecule has 9 heteroatoms. The van der Waals surface area contributed by atoms with E-state index in [9.17, 15) is 24.3 Å². The van der Waals surface area contributed by atoms with Gasteiger partial charge in [0.15, 0.2) is 0 Å². The van der Waals surface area contributed by atoms with Gasteiger partial charge in [-0.15, -0.1) is 11.8 Å². The highest BCUT2D eigenvalue weighted by Crippen LogP contribution is 2.40. The van der Waals surface area contributed by atoms with Crippen LogP contribution in [-0.4, -0.2) is 56.0 Å². The number of aliphatic carboxylic acids is 2. The Morgan fingerprint density at radius 2 is 1.91 bits per heavy atom. The monoisotopic (exact) mass is 342 g/mol. The summed E-state index contributed by atoms with van der Waals surface area (Å²) in [6, 6.07) is -0.713. The van der Waals surface area contributed by atoms with Crippen LogP contribution < -0.4 is 5.32 Å². The standard InChI is InChI=1S/C14H18N2O6S/c1-7-6-23-13-10(12(20)16(13)11(7)14(21)22)15-8(17)4-2-3-5-9(18)19/h10,13H,2-6H2,1H3,(H,15,17)(H,18,19)(H,21,22)/t10-,13?/m1/s1. The van der Waals surface area contributed by atoms with Gasteiger partial charge in [-0.1, -0.05) is 0 Å². The lowest BCUT2D eigenvalue weighted by Crippen LogP contribution is -2.70. The van der Waals surface area contributed by atoms with Crippen molar-refractivity contribution in [2.75, 3.05) is 5.75 Å². The van der Waals surface area contributed by atoms with Crippen LogP contribution in [0.4, 0.5) is 0 Å². The van der Waals surface area contributed by atoms with Crippen molar-refractivity contribution in [3.05, 3.63) is 11.3 Å². The van der Waals surface area contributed by atoms with Gasteiger partial charge in [0.05, 0.1) is 0 Å². The minimum Gasteiger partial charge on any atom is -0.481 e. The van der Waals surface area contributed by atoms with Crippen molar-refractivity contribution < 1.29 is 29.4 Å². The van der Waals surface area contributed by atoms with E-state index in [0.29, 0.717) is 24.2 Å². The number of carbonyl (C=O) groups excluding carboxylic acids is 2. The zero-order valence-corrected chi connectivity index (χ0v) is 13.4. The van der Waals surface area contributed by atoms with Crippen molar-refractivity contribution in [3.8, 4) is 0 Å². The number of unbranched alkanes of at least 4 members (excludes halogenated alkanes) is 1. The highest BCUT2D eigenvalue weighted by molar-refractivity contribution is 8.00. The Balaban J connectivity index is 1.88. The van der Waals surface area contributed by atoms with E-state index >= 15 is 0 Å². The second-order valence-corrected chi connectivity index (χ2v) is 6.59. The number of nitrogens with zero attached hydrogens (tertiary/aromatic N) is 1. The number of β-lactam (4-membered cyclic amide) rings is 1. The SMILES string of the molecule is CC1=C(C(=O)O)N2C(=O)[C@@H](NC(=O)CCCCC(=O)O)C2SC1. The summed E-state index contributed by atoms with van der Waals surface area (Å²) >= 11 is 1.42. The smallest absolute Gasteiger partial charge is 0.352 e. The molecule has 0 aromatic rings. The number of fused-ring (bicyclic) bond motifs is 1. The molecule has 126 valence electrons. The van der Waals surface area contributed by atoms with Gasteiger partial charge in [-0.25, -0.2) is 4.79 Å². The van der Waals surface area contributed by atoms with Crippen LogP contribution in [0.15, 0.2) is 11.3 Å². The third kappa shape index (κ3) is 3.66. The Kier molecular flexibility index (Phi) is 5.30. The summed E-state index contributed by atoms with van der Waals surface area (Å²) in [5.41, 5.74) is 0.635. The van der Waals surface area contributed by atoms with E-state index in [2.05, 4.69) is 5.32 Å². The third-order valence-corrected chi connectivity index (χ3v) is 5.15. The molecule has 2 amide bonds. The quantitative estimate of drug-likeness (QED) is 0.451. The van der Waals surface area contributed by atoms with E-state index in [0.717, 1.165) is 0 Å². The van der Waals surface area contributed by atoms with E-state index in [-0.39, 0.29) is 29.8 Å². The number of amides is 2. The lowest BCUT2D eigenvalue weighted by molar-refractivity contribution is -0.150. The predicted octanol–water partition coefficient (Wildman–Crippen LogP) is 0.390. The fourth-order valence-corrected chi connectivity index (χ4v) is 3.88. The van der Waals surface area contributed by atoms with Crippen molar-refractivity contribution in [2.24, 2.45) is 0 Å². The first-order chi connectivity index (χ1) is 10.8. The molecule has 2 atom stereocenters. The Labute approximate surface area is 136 Å². The number of hydrogen-bond donors (Lipinski definition) is 3. The molecule has 23 heavy (non-hydrogen) atoms. The first-order valence-corrected chi connectivity index (χ1v) is 8.26. The summed E-state index contributed by atoms with van der Waals surface area (Å²) in [6.07, 6.45) is 0.986. The molecule has 2 aliphatic rings. The van der Waals surface area contributed by atoms with Gasteiger partial charge in [0.25, 0.3) is 5.91 Å². The average Bonchev–Trinajstić information content (AvgIpc) is 2.48. The molecule has 1 fully saturated rings. The summed E-state index contributed by atoms with van der Waals surface area (Å²) in [5.74, 6) is -2.28. The number of thioether (sulfide) groups is 1. The van der Waals surface area contributed by atoms with E-state index in [4.69, 9.17) is 5.11 Å². The fraction of sp³-hybridized carbons (Fsp3) is 0.571. The maximum absolute atomic E-state index is 12.1. The molecule has 0 aromatic heterocycles. The van der Waals surface area contributed by atoms with E-state index in [1.807, 2.05) is 0 Å². The Morgan fingerprint density at radius 3 is 2.52 bits per heavy atom. The number of rotatable bonds is 7. The van der Waals surface area contributed by atoms with Gasteiger partial charge in [0, 0.05) is 18.6 Å². The maximum Gasteiger partial charge on any atom is 0.352 e. The largest absolute Gasteiger partial charge is 0.481 e. The van der Waals surface area contributed by atoms with Gasteiger partial charge < -0.3 is 15.5 Å². The molecule has 3 N–H and O–H groups in total. The van der Waals surface area contributed by atoms with Crippen LogP contribution in [0.5, 0.6) is 0 Å². The molecular weight excluding hydrogens is 324 g/mol. The van der Waals surface area contributed by atoms with E-state index < -0.39 is 23.9 Å². The Bertz CT molecular complexity index is 588. The maximum atomic E-state index is 12.1. The van der Waals surface area contributed by atoms with Gasteiger partial charge in [-0.2, -0.15) is 0 Å². The summed E-state index contributed by atoms with van der Waals surface area (Å²) in [6.45, 7) is 1.67. The van der Waals surface area contributed by atoms with Crippen LogP contribution in [0.25, 0.3) is 0 Å². The molecule has 2 heterocycles. The van der Waals surface area contributed by atoms with Gasteiger partial charge in [-0.3, -0.25) is 19.3 Å². The van der Waals surface area contributed by atoms with Gasteiger partial charge in [0.2, 0.25) is 5.91 Å². The van der Waals surface area contributed by atoms with Crippen molar-refractivity contribution in [3.63, 3.8) is 0 Å². The molecule has 0 aromatic carbocycles. The number of carbonyl (C=O) groups is 4. The van der Waals surface area contributed by atoms with Gasteiger partial charge in [0.1, 0.15) is 17.1 Å². The molecule has 0 aliphatic carbocycles. The molecule has 0 spiro atoms. The Morgan fingerprint density at radius 1 is 1.26 bits per heavy atom. The van der Waals surface area contributed by atoms with Crippen LogP contribution in [0.3, 0.4) is 0 Å². The van der Waals surface area contributed by atoms with E-state index in [1.165, 1.54) is 16.7 Å². The molecule has 1 saturated heterocycles. The molecule has 2 rings (SSSR count). The second-order valence-electron chi connectivity index (χ2n) is 5.49. The molecule has 0 saturated carbocycles. The first-order valence-electron chi connectivity index (χ1n) is 7.21. The number of carboxylic acids is 2. The highest BCUT2D eigenvalue weighted by Gasteiger charge is 2.53. The second kappa shape index (κ2) is 7.03. The zero-order chi connectivity index (χ0) is 17.1. The summed E-state index contributed by atoms with van der Waals surface area (Å²) in [5, 5.41) is 20.0. The third-order valence-electron chi connectivity index (χ3n) is 3.72. The van der Waals surface area contributed by atoms with Crippen LogP contribution in [0.2, 0.25) is 0 Å². The lowest BCUT2D eigenvalue weighted by Gasteiger charge is -2.49. The highest BCUT2D eigenvalue weighted by atomic mass is 32.2. The average molecular weight is 342 g/mol.